The second-order valence-electron chi connectivity index (χ2n) is 8.13. The van der Waals surface area contributed by atoms with Crippen LogP contribution in [-0.4, -0.2) is 97.0 Å². The first-order valence-electron chi connectivity index (χ1n) is 10.5. The number of nitrogens with zero attached hydrogens (tertiary/aromatic N) is 3. The van der Waals surface area contributed by atoms with Crippen LogP contribution in [0, 0.1) is 0 Å². The van der Waals surface area contributed by atoms with Crippen molar-refractivity contribution in [3.05, 3.63) is 35.4 Å². The SMILES string of the molecule is O=C(NC[C@H](O)CN1CCc2ccccc2C1)N1CCC(N2CCOCC2)C1.S. The van der Waals surface area contributed by atoms with E-state index >= 15 is 0 Å². The maximum Gasteiger partial charge on any atom is 0.317 e. The van der Waals surface area contributed by atoms with Gasteiger partial charge in [-0.05, 0) is 24.0 Å². The Morgan fingerprint density at radius 1 is 1.17 bits per heavy atom. The molecule has 1 unspecified atom stereocenters. The van der Waals surface area contributed by atoms with E-state index < -0.39 is 6.10 Å². The fraction of sp³-hybridized carbons (Fsp3) is 0.667. The minimum Gasteiger partial charge on any atom is -0.390 e. The van der Waals surface area contributed by atoms with Gasteiger partial charge in [0.25, 0.3) is 0 Å². The van der Waals surface area contributed by atoms with Gasteiger partial charge in [0, 0.05) is 58.4 Å². The molecule has 0 aromatic heterocycles. The molecule has 3 heterocycles. The molecular weight excluding hydrogens is 388 g/mol. The van der Waals surface area contributed by atoms with Gasteiger partial charge in [-0.25, -0.2) is 4.79 Å². The average molecular weight is 423 g/mol. The number of hydrogen-bond donors (Lipinski definition) is 2. The van der Waals surface area contributed by atoms with Crippen LogP contribution in [0.25, 0.3) is 0 Å². The summed E-state index contributed by atoms with van der Waals surface area (Å²) in [6.07, 6.45) is 1.49. The summed E-state index contributed by atoms with van der Waals surface area (Å²) >= 11 is 0. The molecule has 2 amide bonds. The van der Waals surface area contributed by atoms with Gasteiger partial charge in [0.15, 0.2) is 0 Å². The number of carbonyl (C=O) groups excluding carboxylic acids is 1. The van der Waals surface area contributed by atoms with E-state index in [1.54, 1.807) is 0 Å². The van der Waals surface area contributed by atoms with E-state index in [9.17, 15) is 9.90 Å². The van der Waals surface area contributed by atoms with E-state index in [0.29, 0.717) is 19.1 Å². The van der Waals surface area contributed by atoms with Gasteiger partial charge >= 0.3 is 6.03 Å². The van der Waals surface area contributed by atoms with Gasteiger partial charge in [-0.15, -0.1) is 0 Å². The molecule has 29 heavy (non-hydrogen) atoms. The molecule has 2 atom stereocenters. The second-order valence-corrected chi connectivity index (χ2v) is 8.13. The lowest BCUT2D eigenvalue weighted by Gasteiger charge is -2.32. The van der Waals surface area contributed by atoms with E-state index in [-0.39, 0.29) is 19.5 Å². The summed E-state index contributed by atoms with van der Waals surface area (Å²) in [5.41, 5.74) is 2.75. The number of likely N-dealkylation sites (tertiary alicyclic amines) is 1. The van der Waals surface area contributed by atoms with Crippen molar-refractivity contribution in [3.63, 3.8) is 0 Å². The Hall–Kier alpha value is -1.32. The van der Waals surface area contributed by atoms with Gasteiger partial charge in [0.1, 0.15) is 0 Å². The summed E-state index contributed by atoms with van der Waals surface area (Å²) in [5, 5.41) is 13.3. The number of hydrogen-bond acceptors (Lipinski definition) is 5. The maximum absolute atomic E-state index is 12.5. The minimum absolute atomic E-state index is 0. The van der Waals surface area contributed by atoms with Gasteiger partial charge in [-0.3, -0.25) is 9.80 Å². The molecule has 7 nitrogen and oxygen atoms in total. The van der Waals surface area contributed by atoms with Crippen LogP contribution in [0.3, 0.4) is 0 Å². The quantitative estimate of drug-likeness (QED) is 0.729. The highest BCUT2D eigenvalue weighted by Crippen LogP contribution is 2.19. The Kier molecular flexibility index (Phi) is 8.20. The third-order valence-corrected chi connectivity index (χ3v) is 6.18. The molecule has 162 valence electrons. The Labute approximate surface area is 180 Å². The lowest BCUT2D eigenvalue weighted by Crippen LogP contribution is -2.48. The number of aliphatic hydroxyl groups excluding tert-OH is 1. The first-order chi connectivity index (χ1) is 13.7. The second kappa shape index (κ2) is 10.6. The van der Waals surface area contributed by atoms with E-state index in [2.05, 4.69) is 39.4 Å². The lowest BCUT2D eigenvalue weighted by atomic mass is 10.00. The topological polar surface area (TPSA) is 68.3 Å². The molecule has 0 radical (unpaired) electrons. The Morgan fingerprint density at radius 2 is 1.93 bits per heavy atom. The molecule has 0 spiro atoms. The highest BCUT2D eigenvalue weighted by Gasteiger charge is 2.31. The van der Waals surface area contributed by atoms with Crippen molar-refractivity contribution in [3.8, 4) is 0 Å². The number of amides is 2. The molecule has 0 aliphatic carbocycles. The fourth-order valence-corrected chi connectivity index (χ4v) is 4.56. The monoisotopic (exact) mass is 422 g/mol. The molecular formula is C21H34N4O3S. The zero-order valence-corrected chi connectivity index (χ0v) is 18.1. The molecule has 2 saturated heterocycles. The van der Waals surface area contributed by atoms with Gasteiger partial charge in [-0.1, -0.05) is 24.3 Å². The van der Waals surface area contributed by atoms with Crippen LogP contribution in [0.15, 0.2) is 24.3 Å². The van der Waals surface area contributed by atoms with Gasteiger partial charge in [0.05, 0.1) is 19.3 Å². The molecule has 3 aliphatic rings. The number of fused-ring (bicyclic) bond motifs is 1. The number of β-amino-alcohol motifs (C(OH)–C–C–N with tert-alkyl or cyclic N) is 1. The standard InChI is InChI=1S/C21H32N4O3.H2S/c26-20(16-23-7-5-17-3-1-2-4-18(17)14-23)13-22-21(27)25-8-6-19(15-25)24-9-11-28-12-10-24;/h1-4,19-20,26H,5-16H2,(H,22,27);1H2/t19?,20-;/m0./s1. The lowest BCUT2D eigenvalue weighted by molar-refractivity contribution is 0.0191. The molecule has 2 fully saturated rings. The largest absolute Gasteiger partial charge is 0.390 e. The predicted molar refractivity (Wildman–Crippen MR) is 118 cm³/mol. The van der Waals surface area contributed by atoms with Crippen LogP contribution in [0.5, 0.6) is 0 Å². The van der Waals surface area contributed by atoms with E-state index in [1.807, 2.05) is 4.90 Å². The Balaban J connectivity index is 0.00000240. The molecule has 4 rings (SSSR count). The third kappa shape index (κ3) is 5.86. The van der Waals surface area contributed by atoms with Crippen LogP contribution in [-0.2, 0) is 17.7 Å². The van der Waals surface area contributed by atoms with E-state index in [4.69, 9.17) is 4.74 Å². The summed E-state index contributed by atoms with van der Waals surface area (Å²) in [6, 6.07) is 8.88. The molecule has 8 heteroatoms. The summed E-state index contributed by atoms with van der Waals surface area (Å²) in [7, 11) is 0. The highest BCUT2D eigenvalue weighted by atomic mass is 32.1. The molecule has 0 saturated carbocycles. The van der Waals surface area contributed by atoms with Crippen LogP contribution < -0.4 is 5.32 Å². The Morgan fingerprint density at radius 3 is 2.72 bits per heavy atom. The summed E-state index contributed by atoms with van der Waals surface area (Å²) in [4.78, 5) is 19.1. The van der Waals surface area contributed by atoms with Gasteiger partial charge in [0.2, 0.25) is 0 Å². The normalized spacial score (nSPS) is 23.9. The van der Waals surface area contributed by atoms with Crippen molar-refractivity contribution in [1.82, 2.24) is 20.0 Å². The van der Waals surface area contributed by atoms with Crippen molar-refractivity contribution >= 4 is 19.5 Å². The number of urea groups is 1. The maximum atomic E-state index is 12.5. The molecule has 2 N–H and O–H groups in total. The first kappa shape index (κ1) is 22.4. The zero-order valence-electron chi connectivity index (χ0n) is 17.1. The Bertz CT molecular complexity index is 671. The summed E-state index contributed by atoms with van der Waals surface area (Å²) in [5.74, 6) is 0. The number of benzene rings is 1. The smallest absolute Gasteiger partial charge is 0.317 e. The number of carbonyl (C=O) groups is 1. The van der Waals surface area contributed by atoms with Crippen molar-refractivity contribution in [2.45, 2.75) is 31.5 Å². The number of rotatable bonds is 5. The van der Waals surface area contributed by atoms with Crippen LogP contribution in [0.4, 0.5) is 4.79 Å². The third-order valence-electron chi connectivity index (χ3n) is 6.18. The number of morpholine rings is 1. The molecule has 1 aromatic carbocycles. The summed E-state index contributed by atoms with van der Waals surface area (Å²) in [6.45, 7) is 7.75. The number of nitrogens with one attached hydrogen (secondary N) is 1. The summed E-state index contributed by atoms with van der Waals surface area (Å²) < 4.78 is 5.41. The van der Waals surface area contributed by atoms with Crippen molar-refractivity contribution in [2.75, 3.05) is 59.0 Å². The van der Waals surface area contributed by atoms with Crippen LogP contribution >= 0.6 is 13.5 Å². The minimum atomic E-state index is -0.549. The number of ether oxygens (including phenoxy) is 1. The van der Waals surface area contributed by atoms with Crippen molar-refractivity contribution in [2.24, 2.45) is 0 Å². The van der Waals surface area contributed by atoms with Gasteiger partial charge in [-0.2, -0.15) is 13.5 Å². The van der Waals surface area contributed by atoms with Crippen molar-refractivity contribution in [1.29, 1.82) is 0 Å². The molecule has 3 aliphatic heterocycles. The predicted octanol–water partition coefficient (Wildman–Crippen LogP) is 0.634. The van der Waals surface area contributed by atoms with Crippen LogP contribution in [0.2, 0.25) is 0 Å². The van der Waals surface area contributed by atoms with Crippen molar-refractivity contribution < 1.29 is 14.6 Å². The average Bonchev–Trinajstić information content (AvgIpc) is 3.23. The molecule has 0 bridgehead atoms. The van der Waals surface area contributed by atoms with E-state index in [0.717, 1.165) is 65.3 Å². The highest BCUT2D eigenvalue weighted by molar-refractivity contribution is 7.59. The number of aliphatic hydroxyl groups is 1. The zero-order chi connectivity index (χ0) is 19.3. The van der Waals surface area contributed by atoms with E-state index in [1.165, 1.54) is 11.1 Å². The fourth-order valence-electron chi connectivity index (χ4n) is 4.56. The first-order valence-corrected chi connectivity index (χ1v) is 10.5. The van der Waals surface area contributed by atoms with Crippen LogP contribution in [0.1, 0.15) is 17.5 Å². The molecule has 1 aromatic rings. The van der Waals surface area contributed by atoms with Gasteiger partial charge < -0.3 is 20.1 Å².